The van der Waals surface area contributed by atoms with E-state index < -0.39 is 30.6 Å². The summed E-state index contributed by atoms with van der Waals surface area (Å²) in [6.45, 7) is 9.22. The van der Waals surface area contributed by atoms with Gasteiger partial charge in [0.05, 0.1) is 31.0 Å². The maximum absolute atomic E-state index is 12.3. The fourth-order valence-corrected chi connectivity index (χ4v) is 3.08. The third-order valence-corrected chi connectivity index (χ3v) is 5.63. The number of hydrogen-bond acceptors (Lipinski definition) is 7. The second-order valence-electron chi connectivity index (χ2n) is 7.59. The van der Waals surface area contributed by atoms with E-state index in [4.69, 9.17) is 9.26 Å². The zero-order valence-electron chi connectivity index (χ0n) is 17.2. The van der Waals surface area contributed by atoms with Gasteiger partial charge in [-0.3, -0.25) is 14.2 Å². The number of hydrogen-bond donors (Lipinski definition) is 2. The van der Waals surface area contributed by atoms with Crippen LogP contribution in [0.25, 0.3) is 0 Å². The number of likely N-dealkylation sites (N-methyl/N-ethyl adjacent to an activating group) is 1. The largest absolute Gasteiger partial charge is 0.756 e. The molecule has 0 fully saturated rings. The lowest BCUT2D eigenvalue weighted by atomic mass is 9.72. The van der Waals surface area contributed by atoms with Crippen LogP contribution >= 0.6 is 7.82 Å². The maximum Gasteiger partial charge on any atom is 0.311 e. The number of carboxylic acid groups (broad SMARTS) is 1. The van der Waals surface area contributed by atoms with Gasteiger partial charge in [-0.05, 0) is 40.5 Å². The van der Waals surface area contributed by atoms with Crippen molar-refractivity contribution in [3.05, 3.63) is 0 Å². The van der Waals surface area contributed by atoms with E-state index in [9.17, 15) is 24.2 Å². The predicted octanol–water partition coefficient (Wildman–Crippen LogP) is 0.483. The monoisotopic (exact) mass is 411 g/mol. The van der Waals surface area contributed by atoms with Gasteiger partial charge in [0.15, 0.2) is 0 Å². The number of phosphoric acid groups is 1. The molecular weight excluding hydrogens is 377 g/mol. The molecular formula is C17H34NO8P. The summed E-state index contributed by atoms with van der Waals surface area (Å²) in [4.78, 5) is 36.4. The summed E-state index contributed by atoms with van der Waals surface area (Å²) in [5.74, 6) is -1.59. The first-order valence-electron chi connectivity index (χ1n) is 9.11. The van der Waals surface area contributed by atoms with Crippen molar-refractivity contribution >= 4 is 19.8 Å². The molecule has 0 saturated carbocycles. The summed E-state index contributed by atoms with van der Waals surface area (Å²) in [5.41, 5.74) is -2.08. The second kappa shape index (κ2) is 11.1. The minimum Gasteiger partial charge on any atom is -0.756 e. The van der Waals surface area contributed by atoms with E-state index in [0.29, 0.717) is 13.0 Å². The van der Waals surface area contributed by atoms with Gasteiger partial charge in [0, 0.05) is 0 Å². The fourth-order valence-electron chi connectivity index (χ4n) is 2.40. The summed E-state index contributed by atoms with van der Waals surface area (Å²) in [5, 5.41) is 9.25. The minimum atomic E-state index is -4.45. The van der Waals surface area contributed by atoms with Crippen LogP contribution in [0.5, 0.6) is 0 Å². The molecule has 10 heteroatoms. The minimum absolute atomic E-state index is 0.0123. The molecule has 0 radical (unpaired) electrons. The molecule has 2 N–H and O–H groups in total. The van der Waals surface area contributed by atoms with Crippen LogP contribution in [0.1, 0.15) is 47.5 Å². The van der Waals surface area contributed by atoms with Crippen molar-refractivity contribution in [1.82, 2.24) is 0 Å². The van der Waals surface area contributed by atoms with Crippen LogP contribution in [0.3, 0.4) is 0 Å². The molecule has 0 aromatic heterocycles. The van der Waals surface area contributed by atoms with Gasteiger partial charge >= 0.3 is 11.9 Å². The Labute approximate surface area is 161 Å². The van der Waals surface area contributed by atoms with Gasteiger partial charge < -0.3 is 28.7 Å². The first-order valence-corrected chi connectivity index (χ1v) is 10.6. The average Bonchev–Trinajstić information content (AvgIpc) is 2.57. The number of quaternary nitrogens is 1. The van der Waals surface area contributed by atoms with Gasteiger partial charge in [0.25, 0.3) is 7.82 Å². The predicted molar refractivity (Wildman–Crippen MR) is 97.2 cm³/mol. The van der Waals surface area contributed by atoms with Crippen molar-refractivity contribution in [2.75, 3.05) is 40.0 Å². The number of carboxylic acids is 1. The number of carbonyl (C=O) groups excluding carboxylic acids is 1. The zero-order chi connectivity index (χ0) is 21.3. The third kappa shape index (κ3) is 9.67. The van der Waals surface area contributed by atoms with E-state index in [1.807, 2.05) is 14.0 Å². The van der Waals surface area contributed by atoms with Crippen LogP contribution in [-0.4, -0.2) is 57.0 Å². The van der Waals surface area contributed by atoms with Crippen LogP contribution in [0, 0.1) is 10.8 Å². The molecule has 0 saturated heterocycles. The van der Waals surface area contributed by atoms with Crippen LogP contribution in [0.2, 0.25) is 0 Å². The lowest BCUT2D eigenvalue weighted by Crippen LogP contribution is -3.09. The van der Waals surface area contributed by atoms with E-state index in [1.54, 1.807) is 27.7 Å². The molecule has 0 aliphatic heterocycles. The molecule has 0 aromatic rings. The van der Waals surface area contributed by atoms with E-state index in [2.05, 4.69) is 4.52 Å². The van der Waals surface area contributed by atoms with E-state index in [0.717, 1.165) is 11.4 Å². The Morgan fingerprint density at radius 1 is 1.11 bits per heavy atom. The molecule has 0 rings (SSSR count). The Balaban J connectivity index is 4.43. The van der Waals surface area contributed by atoms with E-state index >= 15 is 0 Å². The standard InChI is InChI=1S/C17H34NO8P/c1-7-17(5,13-16(3,4)14(19)20)15(21)24-11-12-26-27(22,23)25-10-9-18(6)8-2/h7-13H2,1-6H3,(H,19,20)(H,22,23). The Morgan fingerprint density at radius 2 is 1.67 bits per heavy atom. The number of nitrogens with one attached hydrogen (secondary N) is 1. The molecule has 9 nitrogen and oxygen atoms in total. The van der Waals surface area contributed by atoms with Gasteiger partial charge in [0.1, 0.15) is 19.8 Å². The highest BCUT2D eigenvalue weighted by molar-refractivity contribution is 7.45. The zero-order valence-corrected chi connectivity index (χ0v) is 18.1. The smallest absolute Gasteiger partial charge is 0.311 e. The summed E-state index contributed by atoms with van der Waals surface area (Å²) in [6, 6.07) is 0. The van der Waals surface area contributed by atoms with Crippen molar-refractivity contribution in [1.29, 1.82) is 0 Å². The van der Waals surface area contributed by atoms with Crippen LogP contribution in [0.4, 0.5) is 0 Å². The number of aliphatic carboxylic acids is 1. The second-order valence-corrected chi connectivity index (χ2v) is 9.00. The Hall–Kier alpha value is -0.990. The molecule has 0 aromatic carbocycles. The topological polar surface area (TPSA) is 127 Å². The van der Waals surface area contributed by atoms with Gasteiger partial charge in [-0.15, -0.1) is 0 Å². The van der Waals surface area contributed by atoms with Gasteiger partial charge in [0.2, 0.25) is 0 Å². The maximum atomic E-state index is 12.3. The summed E-state index contributed by atoms with van der Waals surface area (Å²) >= 11 is 0. The fraction of sp³-hybridized carbons (Fsp3) is 0.882. The number of phosphoric ester groups is 1. The molecule has 0 aliphatic rings. The third-order valence-electron chi connectivity index (χ3n) is 4.63. The highest BCUT2D eigenvalue weighted by Gasteiger charge is 2.42. The molecule has 0 heterocycles. The van der Waals surface area contributed by atoms with Crippen molar-refractivity contribution in [2.24, 2.45) is 10.8 Å². The number of ether oxygens (including phenoxy) is 1. The lowest BCUT2D eigenvalue weighted by molar-refractivity contribution is -0.877. The summed E-state index contributed by atoms with van der Waals surface area (Å²) in [6.07, 6.45) is 0.488. The van der Waals surface area contributed by atoms with Crippen molar-refractivity contribution in [2.45, 2.75) is 47.5 Å². The molecule has 0 aliphatic carbocycles. The first kappa shape index (κ1) is 26.0. The van der Waals surface area contributed by atoms with Crippen LogP contribution < -0.4 is 9.79 Å². The van der Waals surface area contributed by atoms with Gasteiger partial charge in [-0.1, -0.05) is 6.92 Å². The van der Waals surface area contributed by atoms with Crippen molar-refractivity contribution in [3.8, 4) is 0 Å². The van der Waals surface area contributed by atoms with Gasteiger partial charge in [-0.2, -0.15) is 0 Å². The Morgan fingerprint density at radius 3 is 2.15 bits per heavy atom. The number of rotatable bonds is 14. The average molecular weight is 411 g/mol. The Kier molecular flexibility index (Phi) is 10.7. The highest BCUT2D eigenvalue weighted by atomic mass is 31.2. The first-order chi connectivity index (χ1) is 12.3. The van der Waals surface area contributed by atoms with Crippen molar-refractivity contribution in [3.63, 3.8) is 0 Å². The number of carbonyl (C=O) groups is 2. The highest BCUT2D eigenvalue weighted by Crippen LogP contribution is 2.39. The van der Waals surface area contributed by atoms with Crippen LogP contribution in [0.15, 0.2) is 0 Å². The SMILES string of the molecule is CC[NH+](C)CCOP(=O)([O-])OCCOC(=O)C(C)(CC)CC(C)(C)C(=O)O. The number of esters is 1. The summed E-state index contributed by atoms with van der Waals surface area (Å²) < 4.78 is 26.2. The molecule has 160 valence electrons. The van der Waals surface area contributed by atoms with Crippen LogP contribution in [-0.2, 0) is 27.9 Å². The van der Waals surface area contributed by atoms with E-state index in [1.165, 1.54) is 0 Å². The normalized spacial score (nSPS) is 17.6. The molecule has 3 unspecified atom stereocenters. The van der Waals surface area contributed by atoms with E-state index in [-0.39, 0.29) is 26.2 Å². The molecule has 0 bridgehead atoms. The van der Waals surface area contributed by atoms with Crippen molar-refractivity contribution < 1.29 is 42.8 Å². The van der Waals surface area contributed by atoms with Gasteiger partial charge in [-0.25, -0.2) is 0 Å². The quantitative estimate of drug-likeness (QED) is 0.240. The Bertz CT molecular complexity index is 539. The molecule has 27 heavy (non-hydrogen) atoms. The summed E-state index contributed by atoms with van der Waals surface area (Å²) in [7, 11) is -2.53. The molecule has 0 spiro atoms. The lowest BCUT2D eigenvalue weighted by Gasteiger charge is -2.32. The molecule has 0 amide bonds. The molecule has 3 atom stereocenters.